The summed E-state index contributed by atoms with van der Waals surface area (Å²) in [6.07, 6.45) is 0. The van der Waals surface area contributed by atoms with E-state index >= 15 is 0 Å². The van der Waals surface area contributed by atoms with Gasteiger partial charge in [0.1, 0.15) is 6.04 Å². The maximum atomic E-state index is 12.0. The van der Waals surface area contributed by atoms with Gasteiger partial charge in [-0.2, -0.15) is 0 Å². The fourth-order valence-corrected chi connectivity index (χ4v) is 4.05. The molecule has 3 N–H and O–H groups in total. The molecular formula is C13H15Br3N2O3. The number of anilines is 1. The second-order valence-electron chi connectivity index (χ2n) is 5.48. The molecule has 0 aromatic heterocycles. The number of carboxylic acid groups (broad SMARTS) is 1. The Labute approximate surface area is 148 Å². The molecule has 21 heavy (non-hydrogen) atoms. The fourth-order valence-electron chi connectivity index (χ4n) is 1.59. The number of benzene rings is 1. The van der Waals surface area contributed by atoms with E-state index in [1.807, 2.05) is 0 Å². The lowest BCUT2D eigenvalue weighted by molar-refractivity contribution is -0.141. The van der Waals surface area contributed by atoms with Crippen LogP contribution in [0.5, 0.6) is 0 Å². The molecule has 0 aliphatic rings. The van der Waals surface area contributed by atoms with Crippen molar-refractivity contribution in [1.29, 1.82) is 0 Å². The maximum absolute atomic E-state index is 12.0. The highest BCUT2D eigenvalue weighted by molar-refractivity contribution is 9.11. The summed E-state index contributed by atoms with van der Waals surface area (Å²) in [7, 11) is 0. The molecule has 1 rings (SSSR count). The summed E-state index contributed by atoms with van der Waals surface area (Å²) in [6.45, 7) is 5.24. The van der Waals surface area contributed by atoms with Crippen LogP contribution < -0.4 is 10.6 Å². The number of carboxylic acids is 1. The van der Waals surface area contributed by atoms with Gasteiger partial charge in [0.2, 0.25) is 0 Å². The van der Waals surface area contributed by atoms with E-state index in [4.69, 9.17) is 0 Å². The van der Waals surface area contributed by atoms with Crippen molar-refractivity contribution >= 4 is 65.5 Å². The van der Waals surface area contributed by atoms with Crippen molar-refractivity contribution in [3.63, 3.8) is 0 Å². The van der Waals surface area contributed by atoms with Crippen LogP contribution in [-0.2, 0) is 4.79 Å². The minimum Gasteiger partial charge on any atom is -0.480 e. The van der Waals surface area contributed by atoms with Crippen molar-refractivity contribution in [2.24, 2.45) is 5.41 Å². The van der Waals surface area contributed by atoms with Crippen molar-refractivity contribution < 1.29 is 14.7 Å². The van der Waals surface area contributed by atoms with Crippen molar-refractivity contribution in [2.45, 2.75) is 26.8 Å². The van der Waals surface area contributed by atoms with Crippen LogP contribution >= 0.6 is 47.8 Å². The first-order chi connectivity index (χ1) is 9.52. The molecule has 0 aliphatic carbocycles. The van der Waals surface area contributed by atoms with Crippen LogP contribution in [-0.4, -0.2) is 23.1 Å². The summed E-state index contributed by atoms with van der Waals surface area (Å²) < 4.78 is 2.17. The van der Waals surface area contributed by atoms with E-state index in [-0.39, 0.29) is 0 Å². The zero-order valence-corrected chi connectivity index (χ0v) is 16.4. The first-order valence-corrected chi connectivity index (χ1v) is 8.35. The smallest absolute Gasteiger partial charge is 0.326 e. The lowest BCUT2D eigenvalue weighted by Gasteiger charge is -2.27. The van der Waals surface area contributed by atoms with Crippen LogP contribution in [0.2, 0.25) is 0 Å². The zero-order chi connectivity index (χ0) is 16.4. The van der Waals surface area contributed by atoms with Crippen LogP contribution in [0.1, 0.15) is 20.8 Å². The number of rotatable bonds is 3. The zero-order valence-electron chi connectivity index (χ0n) is 11.6. The number of aliphatic carboxylic acids is 1. The molecule has 0 aliphatic heterocycles. The van der Waals surface area contributed by atoms with E-state index in [9.17, 15) is 14.7 Å². The predicted molar refractivity (Wildman–Crippen MR) is 92.6 cm³/mol. The Morgan fingerprint density at radius 1 is 1.14 bits per heavy atom. The summed E-state index contributed by atoms with van der Waals surface area (Å²) in [5.41, 5.74) is -0.0779. The highest BCUT2D eigenvalue weighted by Crippen LogP contribution is 2.34. The molecule has 1 aromatic rings. The summed E-state index contributed by atoms with van der Waals surface area (Å²) in [5.74, 6) is -1.08. The number of carbonyl (C=O) groups excluding carboxylic acids is 1. The molecule has 0 radical (unpaired) electrons. The average Bonchev–Trinajstić information content (AvgIpc) is 2.28. The van der Waals surface area contributed by atoms with Crippen LogP contribution in [0.15, 0.2) is 25.6 Å². The molecule has 1 aromatic carbocycles. The third-order valence-corrected chi connectivity index (χ3v) is 4.34. The summed E-state index contributed by atoms with van der Waals surface area (Å²) >= 11 is 10.0. The van der Waals surface area contributed by atoms with Gasteiger partial charge in [0.25, 0.3) is 0 Å². The van der Waals surface area contributed by atoms with E-state index < -0.39 is 23.5 Å². The minimum atomic E-state index is -1.08. The van der Waals surface area contributed by atoms with Crippen molar-refractivity contribution in [3.05, 3.63) is 25.6 Å². The molecule has 1 atom stereocenters. The highest BCUT2D eigenvalue weighted by Gasteiger charge is 2.32. The second-order valence-corrected chi connectivity index (χ2v) is 8.10. The third-order valence-electron chi connectivity index (χ3n) is 2.63. The second kappa shape index (κ2) is 7.11. The van der Waals surface area contributed by atoms with Gasteiger partial charge in [-0.15, -0.1) is 0 Å². The van der Waals surface area contributed by atoms with Gasteiger partial charge in [-0.25, -0.2) is 9.59 Å². The maximum Gasteiger partial charge on any atom is 0.326 e. The van der Waals surface area contributed by atoms with Gasteiger partial charge >= 0.3 is 12.0 Å². The Kier molecular flexibility index (Phi) is 6.24. The van der Waals surface area contributed by atoms with E-state index in [1.54, 1.807) is 32.9 Å². The molecule has 0 spiro atoms. The lowest BCUT2D eigenvalue weighted by atomic mass is 9.87. The van der Waals surface area contributed by atoms with Crippen molar-refractivity contribution in [3.8, 4) is 0 Å². The number of urea groups is 1. The van der Waals surface area contributed by atoms with Crippen LogP contribution in [0.3, 0.4) is 0 Å². The Balaban J connectivity index is 2.90. The summed E-state index contributed by atoms with van der Waals surface area (Å²) in [5, 5.41) is 14.3. The molecule has 5 nitrogen and oxygen atoms in total. The van der Waals surface area contributed by atoms with Crippen molar-refractivity contribution in [1.82, 2.24) is 5.32 Å². The largest absolute Gasteiger partial charge is 0.480 e. The molecular weight excluding hydrogens is 472 g/mol. The number of carbonyl (C=O) groups is 2. The molecule has 0 unspecified atom stereocenters. The topological polar surface area (TPSA) is 78.4 Å². The molecule has 0 bridgehead atoms. The Morgan fingerprint density at radius 2 is 1.62 bits per heavy atom. The van der Waals surface area contributed by atoms with E-state index in [2.05, 4.69) is 58.4 Å². The number of halogens is 3. The molecule has 0 heterocycles. The van der Waals surface area contributed by atoms with Crippen molar-refractivity contribution in [2.75, 3.05) is 5.32 Å². The standard InChI is InChI=1S/C13H15Br3N2O3/c1-13(2,3)10(11(19)20)18-12(21)17-9-7(15)4-6(14)5-8(9)16/h4-5,10H,1-3H3,(H,19,20)(H2,17,18,21)/t10-/m0/s1. The van der Waals surface area contributed by atoms with Gasteiger partial charge in [-0.05, 0) is 49.4 Å². The summed E-state index contributed by atoms with van der Waals surface area (Å²) in [6, 6.07) is 1.98. The average molecular weight is 487 g/mol. The molecule has 2 amide bonds. The number of hydrogen-bond donors (Lipinski definition) is 3. The van der Waals surface area contributed by atoms with E-state index in [0.717, 1.165) is 4.47 Å². The van der Waals surface area contributed by atoms with E-state index in [0.29, 0.717) is 14.6 Å². The van der Waals surface area contributed by atoms with Crippen LogP contribution in [0, 0.1) is 5.41 Å². The van der Waals surface area contributed by atoms with Gasteiger partial charge < -0.3 is 15.7 Å². The van der Waals surface area contributed by atoms with Gasteiger partial charge in [0, 0.05) is 13.4 Å². The highest BCUT2D eigenvalue weighted by atomic mass is 79.9. The minimum absolute atomic E-state index is 0.522. The first-order valence-electron chi connectivity index (χ1n) is 5.97. The first kappa shape index (κ1) is 18.4. The van der Waals surface area contributed by atoms with Gasteiger partial charge in [0.15, 0.2) is 0 Å². The van der Waals surface area contributed by atoms with E-state index in [1.165, 1.54) is 0 Å². The number of hydrogen-bond acceptors (Lipinski definition) is 2. The Bertz CT molecular complexity index is 547. The third kappa shape index (κ3) is 5.27. The summed E-state index contributed by atoms with van der Waals surface area (Å²) in [4.78, 5) is 23.3. The van der Waals surface area contributed by atoms with Gasteiger partial charge in [-0.1, -0.05) is 36.7 Å². The number of amides is 2. The molecule has 0 fully saturated rings. The molecule has 0 saturated heterocycles. The SMILES string of the molecule is CC(C)(C)[C@@H](NC(=O)Nc1c(Br)cc(Br)cc1Br)C(=O)O. The van der Waals surface area contributed by atoms with Crippen LogP contribution in [0.25, 0.3) is 0 Å². The normalized spacial score (nSPS) is 12.7. The quantitative estimate of drug-likeness (QED) is 0.584. The molecule has 8 heteroatoms. The monoisotopic (exact) mass is 484 g/mol. The number of nitrogens with one attached hydrogen (secondary N) is 2. The molecule has 116 valence electrons. The fraction of sp³-hybridized carbons (Fsp3) is 0.385. The van der Waals surface area contributed by atoms with Gasteiger partial charge in [0.05, 0.1) is 5.69 Å². The predicted octanol–water partition coefficient (Wildman–Crippen LogP) is 4.59. The lowest BCUT2D eigenvalue weighted by Crippen LogP contribution is -2.50. The Hall–Kier alpha value is -0.600. The Morgan fingerprint density at radius 3 is 2.00 bits per heavy atom. The molecule has 0 saturated carbocycles. The van der Waals surface area contributed by atoms with Crippen LogP contribution in [0.4, 0.5) is 10.5 Å². The van der Waals surface area contributed by atoms with Gasteiger partial charge in [-0.3, -0.25) is 0 Å².